The molecule has 0 spiro atoms. The molecule has 0 bridgehead atoms. The summed E-state index contributed by atoms with van der Waals surface area (Å²) in [5.41, 5.74) is 4.76. The van der Waals surface area contributed by atoms with Crippen LogP contribution in [0, 0.1) is 0 Å². The Bertz CT molecular complexity index is 1540. The van der Waals surface area contributed by atoms with E-state index in [4.69, 9.17) is 19.2 Å². The molecule has 0 fully saturated rings. The molecule has 2 aromatic heterocycles. The van der Waals surface area contributed by atoms with E-state index in [9.17, 15) is 4.79 Å². The van der Waals surface area contributed by atoms with Gasteiger partial charge in [0.25, 0.3) is 5.91 Å². The summed E-state index contributed by atoms with van der Waals surface area (Å²) < 4.78 is 16.6. The number of benzene rings is 3. The molecular weight excluding hydrogens is 466 g/mol. The minimum atomic E-state index is -0.214. The Hall–Kier alpha value is -4.52. The van der Waals surface area contributed by atoms with Gasteiger partial charge >= 0.3 is 0 Å². The molecule has 0 aliphatic rings. The summed E-state index contributed by atoms with van der Waals surface area (Å²) in [4.78, 5) is 21.5. The van der Waals surface area contributed by atoms with Crippen LogP contribution >= 0.6 is 0 Å². The van der Waals surface area contributed by atoms with Gasteiger partial charge in [-0.25, -0.2) is 4.98 Å². The molecule has 0 aliphatic carbocycles. The minimum Gasteiger partial charge on any atom is -0.493 e. The highest BCUT2D eigenvalue weighted by molar-refractivity contribution is 6.13. The molecule has 3 aromatic carbocycles. The summed E-state index contributed by atoms with van der Waals surface area (Å²) in [7, 11) is 4.72. The number of amides is 1. The maximum atomic E-state index is 13.2. The van der Waals surface area contributed by atoms with Crippen LogP contribution in [0.1, 0.15) is 22.5 Å². The van der Waals surface area contributed by atoms with Crippen LogP contribution < -0.4 is 19.5 Å². The molecule has 37 heavy (non-hydrogen) atoms. The number of aromatic amines is 1. The van der Waals surface area contributed by atoms with Crippen molar-refractivity contribution < 1.29 is 19.0 Å². The second kappa shape index (κ2) is 10.6. The van der Waals surface area contributed by atoms with E-state index < -0.39 is 0 Å². The monoisotopic (exact) mass is 495 g/mol. The summed E-state index contributed by atoms with van der Waals surface area (Å²) in [6.07, 6.45) is 1.73. The van der Waals surface area contributed by atoms with Crippen molar-refractivity contribution in [3.05, 3.63) is 84.1 Å². The topological polar surface area (TPSA) is 85.5 Å². The third-order valence-electron chi connectivity index (χ3n) is 6.44. The summed E-state index contributed by atoms with van der Waals surface area (Å²) in [5.74, 6) is 1.31. The number of carbonyl (C=O) groups excluding carboxylic acids is 1. The number of hydrogen-bond acceptors (Lipinski definition) is 5. The van der Waals surface area contributed by atoms with Crippen molar-refractivity contribution in [3.8, 4) is 28.5 Å². The predicted molar refractivity (Wildman–Crippen MR) is 146 cm³/mol. The van der Waals surface area contributed by atoms with Crippen LogP contribution in [-0.2, 0) is 6.42 Å². The summed E-state index contributed by atoms with van der Waals surface area (Å²) in [6.45, 7) is 0.556. The lowest BCUT2D eigenvalue weighted by atomic mass is 10.0. The highest BCUT2D eigenvalue weighted by Crippen LogP contribution is 2.42. The van der Waals surface area contributed by atoms with Crippen molar-refractivity contribution in [3.63, 3.8) is 0 Å². The van der Waals surface area contributed by atoms with Gasteiger partial charge in [-0.1, -0.05) is 48.5 Å². The molecule has 0 saturated heterocycles. The van der Waals surface area contributed by atoms with Gasteiger partial charge in [0.15, 0.2) is 11.5 Å². The second-order valence-corrected chi connectivity index (χ2v) is 8.71. The molecule has 0 aliphatic heterocycles. The number of aryl methyl sites for hydroxylation is 1. The fourth-order valence-corrected chi connectivity index (χ4v) is 4.62. The highest BCUT2D eigenvalue weighted by Gasteiger charge is 2.20. The van der Waals surface area contributed by atoms with Crippen molar-refractivity contribution in [1.82, 2.24) is 15.3 Å². The standard InChI is InChI=1S/C30H29N3O4/c1-35-25-16-20(17-26(36-2)29(25)37-3)27-28-22(21-13-7-8-14-23(21)32-28)18-24(33-27)30(34)31-15-9-12-19-10-5-4-6-11-19/h4-8,10-11,13-14,16-18,32H,9,12,15H2,1-3H3,(H,31,34). The quantitative estimate of drug-likeness (QED) is 0.254. The predicted octanol–water partition coefficient (Wildman–Crippen LogP) is 5.77. The SMILES string of the molecule is COc1cc(-c2nc(C(=O)NCCCc3ccccc3)cc3c2[nH]c2ccccc23)cc(OC)c1OC. The van der Waals surface area contributed by atoms with Crippen LogP contribution in [0.2, 0.25) is 0 Å². The van der Waals surface area contributed by atoms with Crippen LogP contribution in [0.5, 0.6) is 17.2 Å². The zero-order valence-electron chi connectivity index (χ0n) is 21.1. The van der Waals surface area contributed by atoms with E-state index in [2.05, 4.69) is 22.4 Å². The average molecular weight is 496 g/mol. The van der Waals surface area contributed by atoms with Gasteiger partial charge in [-0.2, -0.15) is 0 Å². The van der Waals surface area contributed by atoms with Crippen LogP contribution in [0.15, 0.2) is 72.8 Å². The molecule has 188 valence electrons. The normalized spacial score (nSPS) is 11.0. The molecular formula is C30H29N3O4. The van der Waals surface area contributed by atoms with Crippen molar-refractivity contribution in [2.75, 3.05) is 27.9 Å². The molecule has 1 amide bonds. The number of pyridine rings is 1. The van der Waals surface area contributed by atoms with Gasteiger partial charge < -0.3 is 24.5 Å². The molecule has 0 radical (unpaired) electrons. The van der Waals surface area contributed by atoms with Gasteiger partial charge in [0.2, 0.25) is 5.75 Å². The number of aromatic nitrogens is 2. The number of carbonyl (C=O) groups is 1. The van der Waals surface area contributed by atoms with E-state index >= 15 is 0 Å². The number of para-hydroxylation sites is 1. The fraction of sp³-hybridized carbons (Fsp3) is 0.200. The zero-order valence-corrected chi connectivity index (χ0v) is 21.1. The van der Waals surface area contributed by atoms with Crippen molar-refractivity contribution in [1.29, 1.82) is 0 Å². The van der Waals surface area contributed by atoms with Gasteiger partial charge in [0, 0.05) is 28.4 Å². The maximum absolute atomic E-state index is 13.2. The minimum absolute atomic E-state index is 0.214. The number of ether oxygens (including phenoxy) is 3. The van der Waals surface area contributed by atoms with Gasteiger partial charge in [-0.15, -0.1) is 0 Å². The van der Waals surface area contributed by atoms with Crippen LogP contribution in [0.25, 0.3) is 33.1 Å². The van der Waals surface area contributed by atoms with E-state index in [0.717, 1.165) is 40.2 Å². The van der Waals surface area contributed by atoms with E-state index in [-0.39, 0.29) is 5.91 Å². The number of nitrogens with one attached hydrogen (secondary N) is 2. The van der Waals surface area contributed by atoms with Crippen molar-refractivity contribution in [2.24, 2.45) is 0 Å². The van der Waals surface area contributed by atoms with Gasteiger partial charge in [0.1, 0.15) is 5.69 Å². The lowest BCUT2D eigenvalue weighted by Crippen LogP contribution is -2.25. The number of fused-ring (bicyclic) bond motifs is 3. The Kier molecular flexibility index (Phi) is 6.94. The number of rotatable bonds is 9. The lowest BCUT2D eigenvalue weighted by Gasteiger charge is -2.15. The molecule has 2 N–H and O–H groups in total. The summed E-state index contributed by atoms with van der Waals surface area (Å²) in [5, 5.41) is 4.98. The highest BCUT2D eigenvalue weighted by atomic mass is 16.5. The third kappa shape index (κ3) is 4.80. The number of hydrogen-bond donors (Lipinski definition) is 2. The molecule has 2 heterocycles. The third-order valence-corrected chi connectivity index (χ3v) is 6.44. The van der Waals surface area contributed by atoms with E-state index in [1.165, 1.54) is 5.56 Å². The van der Waals surface area contributed by atoms with Crippen LogP contribution in [0.4, 0.5) is 0 Å². The molecule has 0 saturated carbocycles. The van der Waals surface area contributed by atoms with E-state index in [0.29, 0.717) is 35.2 Å². The first-order valence-corrected chi connectivity index (χ1v) is 12.2. The van der Waals surface area contributed by atoms with E-state index in [1.807, 2.05) is 60.7 Å². The molecule has 0 atom stereocenters. The Labute approximate surface area is 215 Å². The first-order valence-electron chi connectivity index (χ1n) is 12.2. The largest absolute Gasteiger partial charge is 0.493 e. The average Bonchev–Trinajstić information content (AvgIpc) is 3.33. The fourth-order valence-electron chi connectivity index (χ4n) is 4.62. The molecule has 5 aromatic rings. The Balaban J connectivity index is 1.54. The lowest BCUT2D eigenvalue weighted by molar-refractivity contribution is 0.0948. The van der Waals surface area contributed by atoms with Gasteiger partial charge in [0.05, 0.1) is 32.5 Å². The van der Waals surface area contributed by atoms with Crippen LogP contribution in [0.3, 0.4) is 0 Å². The Morgan fingerprint density at radius 2 is 1.57 bits per heavy atom. The van der Waals surface area contributed by atoms with Gasteiger partial charge in [-0.05, 0) is 42.7 Å². The molecule has 7 nitrogen and oxygen atoms in total. The summed E-state index contributed by atoms with van der Waals surface area (Å²) >= 11 is 0. The second-order valence-electron chi connectivity index (χ2n) is 8.71. The number of methoxy groups -OCH3 is 3. The Morgan fingerprint density at radius 1 is 0.865 bits per heavy atom. The van der Waals surface area contributed by atoms with E-state index in [1.54, 1.807) is 21.3 Å². The van der Waals surface area contributed by atoms with Crippen molar-refractivity contribution >= 4 is 27.7 Å². The summed E-state index contributed by atoms with van der Waals surface area (Å²) in [6, 6.07) is 23.8. The maximum Gasteiger partial charge on any atom is 0.269 e. The molecule has 0 unspecified atom stereocenters. The molecule has 7 heteroatoms. The first kappa shape index (κ1) is 24.2. The first-order chi connectivity index (χ1) is 18.1. The van der Waals surface area contributed by atoms with Gasteiger partial charge in [-0.3, -0.25) is 4.79 Å². The van der Waals surface area contributed by atoms with Crippen LogP contribution in [-0.4, -0.2) is 43.7 Å². The smallest absolute Gasteiger partial charge is 0.269 e. The number of H-pyrrole nitrogens is 1. The Morgan fingerprint density at radius 3 is 2.27 bits per heavy atom. The number of nitrogens with zero attached hydrogens (tertiary/aromatic N) is 1. The molecule has 5 rings (SSSR count). The van der Waals surface area contributed by atoms with Crippen molar-refractivity contribution in [2.45, 2.75) is 12.8 Å². The zero-order chi connectivity index (χ0) is 25.8.